The van der Waals surface area contributed by atoms with Crippen LogP contribution in [0.1, 0.15) is 28.1 Å². The van der Waals surface area contributed by atoms with E-state index in [2.05, 4.69) is 0 Å². The number of ether oxygens (including phenoxy) is 2. The molecular weight excluding hydrogens is 482 g/mol. The second kappa shape index (κ2) is 10.6. The van der Waals surface area contributed by atoms with Gasteiger partial charge in [-0.3, -0.25) is 4.79 Å². The molecule has 0 aliphatic carbocycles. The maximum atomic E-state index is 13.6. The summed E-state index contributed by atoms with van der Waals surface area (Å²) in [5, 5.41) is 7.36. The molecule has 2 aromatic carbocycles. The van der Waals surface area contributed by atoms with Gasteiger partial charge in [-0.1, -0.05) is 48.0 Å². The minimum absolute atomic E-state index is 0.0178. The van der Waals surface area contributed by atoms with Crippen LogP contribution < -0.4 is 4.74 Å². The monoisotopic (exact) mass is 507 g/mol. The molecule has 35 heavy (non-hydrogen) atoms. The third-order valence-corrected chi connectivity index (χ3v) is 7.09. The molecule has 1 fully saturated rings. The molecule has 8 heteroatoms. The highest BCUT2D eigenvalue weighted by Crippen LogP contribution is 2.35. The zero-order valence-electron chi connectivity index (χ0n) is 19.4. The first-order valence-electron chi connectivity index (χ1n) is 11.6. The second-order valence-corrected chi connectivity index (χ2v) is 9.86. The van der Waals surface area contributed by atoms with E-state index in [1.807, 2.05) is 71.9 Å². The predicted molar refractivity (Wildman–Crippen MR) is 138 cm³/mol. The van der Waals surface area contributed by atoms with Crippen LogP contribution in [-0.4, -0.2) is 39.8 Å². The van der Waals surface area contributed by atoms with Crippen LogP contribution in [-0.2, 0) is 18.3 Å². The van der Waals surface area contributed by atoms with Crippen molar-refractivity contribution < 1.29 is 14.3 Å². The summed E-state index contributed by atoms with van der Waals surface area (Å²) in [5.74, 6) is 1.21. The Morgan fingerprint density at radius 3 is 2.66 bits per heavy atom. The Kier molecular flexibility index (Phi) is 7.18. The summed E-state index contributed by atoms with van der Waals surface area (Å²) in [6.07, 6.45) is 1.98. The average molecular weight is 508 g/mol. The molecular formula is C27H26ClN3O3S. The van der Waals surface area contributed by atoms with Gasteiger partial charge in [0.25, 0.3) is 5.91 Å². The first-order chi connectivity index (χ1) is 17.1. The first-order valence-corrected chi connectivity index (χ1v) is 12.8. The van der Waals surface area contributed by atoms with Crippen LogP contribution in [0.5, 0.6) is 11.6 Å². The molecule has 5 rings (SSSR count). The zero-order chi connectivity index (χ0) is 24.2. The number of nitrogens with zero attached hydrogens (tertiary/aromatic N) is 3. The molecule has 0 saturated carbocycles. The smallest absolute Gasteiger partial charge is 0.264 e. The van der Waals surface area contributed by atoms with Gasteiger partial charge in [0.05, 0.1) is 23.1 Å². The van der Waals surface area contributed by atoms with E-state index < -0.39 is 0 Å². The van der Waals surface area contributed by atoms with E-state index in [1.54, 1.807) is 16.8 Å². The van der Waals surface area contributed by atoms with Crippen molar-refractivity contribution >= 4 is 28.8 Å². The van der Waals surface area contributed by atoms with Crippen LogP contribution in [0, 0.1) is 0 Å². The lowest BCUT2D eigenvalue weighted by molar-refractivity contribution is 0.0510. The van der Waals surface area contributed by atoms with Gasteiger partial charge in [0, 0.05) is 30.8 Å². The maximum Gasteiger partial charge on any atom is 0.264 e. The van der Waals surface area contributed by atoms with Gasteiger partial charge in [-0.15, -0.1) is 11.3 Å². The molecule has 0 bridgehead atoms. The summed E-state index contributed by atoms with van der Waals surface area (Å²) in [6.45, 7) is 1.59. The molecule has 2 aromatic heterocycles. The summed E-state index contributed by atoms with van der Waals surface area (Å²) in [5.41, 5.74) is 2.59. The van der Waals surface area contributed by atoms with Gasteiger partial charge in [-0.2, -0.15) is 5.10 Å². The molecule has 0 radical (unpaired) electrons. The van der Waals surface area contributed by atoms with Gasteiger partial charge in [-0.25, -0.2) is 4.68 Å². The summed E-state index contributed by atoms with van der Waals surface area (Å²) in [4.78, 5) is 16.1. The fourth-order valence-corrected chi connectivity index (χ4v) is 5.08. The highest BCUT2D eigenvalue weighted by atomic mass is 35.5. The van der Waals surface area contributed by atoms with E-state index in [0.717, 1.165) is 36.3 Å². The quantitative estimate of drug-likeness (QED) is 0.276. The molecule has 180 valence electrons. The van der Waals surface area contributed by atoms with Crippen molar-refractivity contribution in [2.45, 2.75) is 25.5 Å². The Morgan fingerprint density at radius 2 is 1.97 bits per heavy atom. The van der Waals surface area contributed by atoms with E-state index in [0.29, 0.717) is 34.6 Å². The van der Waals surface area contributed by atoms with E-state index in [4.69, 9.17) is 26.2 Å². The standard InChI is InChI=1S/C27H26ClN3O3S/c1-30-27(34-21-13-11-20(28)12-14-21)23(25(29-30)19-7-3-2-4-8-19)18-31(17-22-9-5-15-33-22)26(32)24-10-6-16-35-24/h2-4,6-8,10-14,16,22H,5,9,15,17-18H2,1H3/t22-/m1/s1. The molecule has 1 amide bonds. The lowest BCUT2D eigenvalue weighted by Gasteiger charge is -2.25. The van der Waals surface area contributed by atoms with Gasteiger partial charge in [0.15, 0.2) is 0 Å². The number of aromatic nitrogens is 2. The Balaban J connectivity index is 1.55. The van der Waals surface area contributed by atoms with E-state index in [-0.39, 0.29) is 12.0 Å². The van der Waals surface area contributed by atoms with Crippen molar-refractivity contribution in [3.8, 4) is 22.9 Å². The summed E-state index contributed by atoms with van der Waals surface area (Å²) in [7, 11) is 1.85. The number of amides is 1. The van der Waals surface area contributed by atoms with Crippen molar-refractivity contribution in [2.24, 2.45) is 7.05 Å². The molecule has 4 aromatic rings. The van der Waals surface area contributed by atoms with Gasteiger partial charge in [0.1, 0.15) is 11.4 Å². The van der Waals surface area contributed by atoms with Crippen molar-refractivity contribution in [3.05, 3.63) is 87.6 Å². The number of carbonyl (C=O) groups is 1. The zero-order valence-corrected chi connectivity index (χ0v) is 21.0. The lowest BCUT2D eigenvalue weighted by atomic mass is 10.1. The Hall–Kier alpha value is -3.13. The Morgan fingerprint density at radius 1 is 1.17 bits per heavy atom. The maximum absolute atomic E-state index is 13.6. The molecule has 1 saturated heterocycles. The van der Waals surface area contributed by atoms with Crippen molar-refractivity contribution in [1.82, 2.24) is 14.7 Å². The van der Waals surface area contributed by atoms with Gasteiger partial charge in [-0.05, 0) is 48.6 Å². The number of thiophene rings is 1. The van der Waals surface area contributed by atoms with E-state index >= 15 is 0 Å². The van der Waals surface area contributed by atoms with Crippen molar-refractivity contribution in [2.75, 3.05) is 13.2 Å². The summed E-state index contributed by atoms with van der Waals surface area (Å²) in [6, 6.07) is 20.9. The molecule has 0 unspecified atom stereocenters. The number of hydrogen-bond acceptors (Lipinski definition) is 5. The Bertz CT molecular complexity index is 1270. The molecule has 3 heterocycles. The highest BCUT2D eigenvalue weighted by molar-refractivity contribution is 7.12. The molecule has 1 aliphatic heterocycles. The highest BCUT2D eigenvalue weighted by Gasteiger charge is 2.28. The normalized spacial score (nSPS) is 15.3. The second-order valence-electron chi connectivity index (χ2n) is 8.48. The average Bonchev–Trinajstić information content (AvgIpc) is 3.64. The third kappa shape index (κ3) is 5.42. The fourth-order valence-electron chi connectivity index (χ4n) is 4.27. The van der Waals surface area contributed by atoms with Gasteiger partial charge in [0.2, 0.25) is 5.88 Å². The number of hydrogen-bond donors (Lipinski definition) is 0. The number of aryl methyl sites for hydroxylation is 1. The summed E-state index contributed by atoms with van der Waals surface area (Å²) >= 11 is 7.51. The SMILES string of the molecule is Cn1nc(-c2ccccc2)c(CN(C[C@H]2CCCO2)C(=O)c2cccs2)c1Oc1ccc(Cl)cc1. The molecule has 6 nitrogen and oxygen atoms in total. The lowest BCUT2D eigenvalue weighted by Crippen LogP contribution is -2.36. The van der Waals surface area contributed by atoms with Gasteiger partial charge >= 0.3 is 0 Å². The number of rotatable bonds is 8. The molecule has 0 N–H and O–H groups in total. The minimum atomic E-state index is -0.0178. The largest absolute Gasteiger partial charge is 0.439 e. The van der Waals surface area contributed by atoms with Crippen LogP contribution >= 0.6 is 22.9 Å². The van der Waals surface area contributed by atoms with Crippen LogP contribution in [0.25, 0.3) is 11.3 Å². The summed E-state index contributed by atoms with van der Waals surface area (Å²) < 4.78 is 13.9. The topological polar surface area (TPSA) is 56.6 Å². The first kappa shape index (κ1) is 23.6. The Labute approximate surface area is 213 Å². The van der Waals surface area contributed by atoms with Crippen LogP contribution in [0.2, 0.25) is 5.02 Å². The van der Waals surface area contributed by atoms with Crippen molar-refractivity contribution in [3.63, 3.8) is 0 Å². The van der Waals surface area contributed by atoms with Crippen LogP contribution in [0.15, 0.2) is 72.1 Å². The molecule has 1 atom stereocenters. The van der Waals surface area contributed by atoms with Crippen molar-refractivity contribution in [1.29, 1.82) is 0 Å². The predicted octanol–water partition coefficient (Wildman–Crippen LogP) is 6.42. The van der Waals surface area contributed by atoms with E-state index in [1.165, 1.54) is 11.3 Å². The fraction of sp³-hybridized carbons (Fsp3) is 0.259. The third-order valence-electron chi connectivity index (χ3n) is 5.98. The van der Waals surface area contributed by atoms with E-state index in [9.17, 15) is 4.79 Å². The van der Waals surface area contributed by atoms with Crippen LogP contribution in [0.4, 0.5) is 0 Å². The van der Waals surface area contributed by atoms with Gasteiger partial charge < -0.3 is 14.4 Å². The molecule has 0 spiro atoms. The number of carbonyl (C=O) groups excluding carboxylic acids is 1. The number of benzene rings is 2. The molecule has 1 aliphatic rings. The van der Waals surface area contributed by atoms with Crippen LogP contribution in [0.3, 0.4) is 0 Å². The minimum Gasteiger partial charge on any atom is -0.439 e. The number of halogens is 1.